The summed E-state index contributed by atoms with van der Waals surface area (Å²) in [5.74, 6) is 0. The second-order valence-corrected chi connectivity index (χ2v) is 7.76. The predicted molar refractivity (Wildman–Crippen MR) is 96.5 cm³/mol. The third-order valence-corrected chi connectivity index (χ3v) is 6.00. The van der Waals surface area contributed by atoms with Gasteiger partial charge >= 0.3 is 0 Å². The maximum atomic E-state index is 12.6. The van der Waals surface area contributed by atoms with E-state index in [-0.39, 0.29) is 11.4 Å². The fraction of sp³-hybridized carbons (Fsp3) is 0.368. The number of rotatable bonds is 7. The van der Waals surface area contributed by atoms with E-state index >= 15 is 0 Å². The Bertz CT molecular complexity index is 782. The molecule has 0 amide bonds. The van der Waals surface area contributed by atoms with Gasteiger partial charge in [-0.05, 0) is 49.1 Å². The topological polar surface area (TPSA) is 55.4 Å². The van der Waals surface area contributed by atoms with Crippen LogP contribution in [0.15, 0.2) is 53.4 Å². The van der Waals surface area contributed by atoms with Crippen LogP contribution in [0.5, 0.6) is 0 Å². The van der Waals surface area contributed by atoms with E-state index in [1.54, 1.807) is 19.2 Å². The fourth-order valence-electron chi connectivity index (χ4n) is 2.68. The Kier molecular flexibility index (Phi) is 5.80. The second-order valence-electron chi connectivity index (χ2n) is 5.99. The van der Waals surface area contributed by atoms with E-state index in [0.717, 1.165) is 16.7 Å². The number of nitrogens with one attached hydrogen (secondary N) is 1. The summed E-state index contributed by atoms with van der Waals surface area (Å²) >= 11 is 0. The third-order valence-electron chi connectivity index (χ3n) is 4.60. The van der Waals surface area contributed by atoms with Crippen molar-refractivity contribution >= 4 is 10.0 Å². The van der Waals surface area contributed by atoms with Gasteiger partial charge in [0.2, 0.25) is 10.0 Å². The first kappa shape index (κ1) is 18.6. The van der Waals surface area contributed by atoms with Crippen LogP contribution in [-0.4, -0.2) is 22.1 Å². The Morgan fingerprint density at radius 3 is 2.25 bits per heavy atom. The lowest BCUT2D eigenvalue weighted by molar-refractivity contribution is -0.0133. The lowest BCUT2D eigenvalue weighted by Gasteiger charge is -2.32. The molecular weight excluding hydrogens is 322 g/mol. The van der Waals surface area contributed by atoms with Crippen molar-refractivity contribution in [2.24, 2.45) is 0 Å². The molecule has 0 radical (unpaired) electrons. The molecule has 0 bridgehead atoms. The van der Waals surface area contributed by atoms with Crippen LogP contribution in [0.25, 0.3) is 0 Å². The normalized spacial score (nSPS) is 14.3. The van der Waals surface area contributed by atoms with Gasteiger partial charge in [0.1, 0.15) is 5.60 Å². The molecule has 0 aliphatic heterocycles. The SMILES string of the molecule is CCC(CNS(=O)(=O)c1ccc(C)c(C)c1)(OC)c1ccccc1. The predicted octanol–water partition coefficient (Wildman–Crippen LogP) is 3.53. The van der Waals surface area contributed by atoms with Crippen molar-refractivity contribution < 1.29 is 13.2 Å². The molecule has 130 valence electrons. The minimum atomic E-state index is -3.59. The highest BCUT2D eigenvalue weighted by Crippen LogP contribution is 2.28. The smallest absolute Gasteiger partial charge is 0.240 e. The van der Waals surface area contributed by atoms with Crippen LogP contribution in [0.2, 0.25) is 0 Å². The summed E-state index contributed by atoms with van der Waals surface area (Å²) in [6, 6.07) is 14.8. The molecule has 2 rings (SSSR count). The number of methoxy groups -OCH3 is 1. The standard InChI is InChI=1S/C19H25NO3S/c1-5-19(23-4,17-9-7-6-8-10-17)14-20-24(21,22)18-12-11-15(2)16(3)13-18/h6-13,20H,5,14H2,1-4H3. The van der Waals surface area contributed by atoms with Crippen LogP contribution in [-0.2, 0) is 20.4 Å². The summed E-state index contributed by atoms with van der Waals surface area (Å²) in [4.78, 5) is 0.278. The monoisotopic (exact) mass is 347 g/mol. The average Bonchev–Trinajstić information content (AvgIpc) is 2.59. The third kappa shape index (κ3) is 3.86. The summed E-state index contributed by atoms with van der Waals surface area (Å²) < 4.78 is 33.7. The molecule has 2 aromatic rings. The Labute approximate surface area is 144 Å². The summed E-state index contributed by atoms with van der Waals surface area (Å²) in [5.41, 5.74) is 2.29. The first-order chi connectivity index (χ1) is 11.3. The highest BCUT2D eigenvalue weighted by atomic mass is 32.2. The second kappa shape index (κ2) is 7.47. The van der Waals surface area contributed by atoms with Gasteiger partial charge in [-0.25, -0.2) is 13.1 Å². The Balaban J connectivity index is 2.27. The van der Waals surface area contributed by atoms with Crippen LogP contribution >= 0.6 is 0 Å². The number of benzene rings is 2. The highest BCUT2D eigenvalue weighted by Gasteiger charge is 2.32. The van der Waals surface area contributed by atoms with Crippen LogP contribution in [0.4, 0.5) is 0 Å². The Morgan fingerprint density at radius 2 is 1.71 bits per heavy atom. The van der Waals surface area contributed by atoms with Gasteiger partial charge < -0.3 is 4.74 Å². The number of aryl methyl sites for hydroxylation is 2. The average molecular weight is 347 g/mol. The van der Waals surface area contributed by atoms with Gasteiger partial charge in [-0.3, -0.25) is 0 Å². The molecule has 0 heterocycles. The van der Waals surface area contributed by atoms with Gasteiger partial charge in [-0.15, -0.1) is 0 Å². The van der Waals surface area contributed by atoms with Gasteiger partial charge in [-0.2, -0.15) is 0 Å². The lowest BCUT2D eigenvalue weighted by atomic mass is 9.91. The van der Waals surface area contributed by atoms with Crippen molar-refractivity contribution in [2.75, 3.05) is 13.7 Å². The highest BCUT2D eigenvalue weighted by molar-refractivity contribution is 7.89. The molecule has 4 nitrogen and oxygen atoms in total. The fourth-order valence-corrected chi connectivity index (χ4v) is 3.85. The van der Waals surface area contributed by atoms with Crippen molar-refractivity contribution in [3.8, 4) is 0 Å². The summed E-state index contributed by atoms with van der Waals surface area (Å²) in [6.07, 6.45) is 0.656. The molecule has 0 aliphatic carbocycles. The first-order valence-corrected chi connectivity index (χ1v) is 9.50. The summed E-state index contributed by atoms with van der Waals surface area (Å²) in [5, 5.41) is 0. The van der Waals surface area contributed by atoms with E-state index in [1.807, 2.05) is 57.2 Å². The summed E-state index contributed by atoms with van der Waals surface area (Å²) in [7, 11) is -1.98. The van der Waals surface area contributed by atoms with Crippen molar-refractivity contribution in [1.82, 2.24) is 4.72 Å². The largest absolute Gasteiger partial charge is 0.372 e. The zero-order valence-corrected chi connectivity index (χ0v) is 15.5. The van der Waals surface area contributed by atoms with E-state index in [4.69, 9.17) is 4.74 Å². The Morgan fingerprint density at radius 1 is 1.04 bits per heavy atom. The molecule has 24 heavy (non-hydrogen) atoms. The molecule has 0 saturated carbocycles. The van der Waals surface area contributed by atoms with Gasteiger partial charge in [0.05, 0.1) is 4.90 Å². The van der Waals surface area contributed by atoms with E-state index < -0.39 is 15.6 Å². The molecule has 1 atom stereocenters. The van der Waals surface area contributed by atoms with Crippen molar-refractivity contribution in [2.45, 2.75) is 37.7 Å². The van der Waals surface area contributed by atoms with Crippen LogP contribution in [0.1, 0.15) is 30.0 Å². The minimum Gasteiger partial charge on any atom is -0.372 e. The molecule has 2 aromatic carbocycles. The van der Waals surface area contributed by atoms with Crippen LogP contribution in [0.3, 0.4) is 0 Å². The maximum absolute atomic E-state index is 12.6. The molecule has 1 N–H and O–H groups in total. The van der Waals surface area contributed by atoms with Crippen molar-refractivity contribution in [3.05, 3.63) is 65.2 Å². The minimum absolute atomic E-state index is 0.180. The van der Waals surface area contributed by atoms with Gasteiger partial charge in [0.25, 0.3) is 0 Å². The van der Waals surface area contributed by atoms with Gasteiger partial charge in [-0.1, -0.05) is 43.3 Å². The molecule has 1 unspecified atom stereocenters. The van der Waals surface area contributed by atoms with E-state index in [9.17, 15) is 8.42 Å². The van der Waals surface area contributed by atoms with Gasteiger partial charge in [0, 0.05) is 13.7 Å². The number of sulfonamides is 1. The molecule has 0 saturated heterocycles. The number of hydrogen-bond donors (Lipinski definition) is 1. The number of hydrogen-bond acceptors (Lipinski definition) is 3. The van der Waals surface area contributed by atoms with Crippen molar-refractivity contribution in [3.63, 3.8) is 0 Å². The zero-order valence-electron chi connectivity index (χ0n) is 14.7. The molecule has 0 spiro atoms. The van der Waals surface area contributed by atoms with Crippen molar-refractivity contribution in [1.29, 1.82) is 0 Å². The van der Waals surface area contributed by atoms with E-state index in [2.05, 4.69) is 4.72 Å². The zero-order chi connectivity index (χ0) is 17.8. The Hall–Kier alpha value is -1.69. The lowest BCUT2D eigenvalue weighted by Crippen LogP contribution is -2.41. The quantitative estimate of drug-likeness (QED) is 0.833. The number of ether oxygens (including phenoxy) is 1. The van der Waals surface area contributed by atoms with Crippen LogP contribution in [0, 0.1) is 13.8 Å². The van der Waals surface area contributed by atoms with Crippen LogP contribution < -0.4 is 4.72 Å². The molecular formula is C19H25NO3S. The molecule has 5 heteroatoms. The van der Waals surface area contributed by atoms with E-state index in [0.29, 0.717) is 6.42 Å². The first-order valence-electron chi connectivity index (χ1n) is 8.02. The molecule has 0 aliphatic rings. The summed E-state index contributed by atoms with van der Waals surface area (Å²) in [6.45, 7) is 6.03. The molecule has 0 aromatic heterocycles. The van der Waals surface area contributed by atoms with E-state index in [1.165, 1.54) is 0 Å². The maximum Gasteiger partial charge on any atom is 0.240 e. The van der Waals surface area contributed by atoms with Gasteiger partial charge in [0.15, 0.2) is 0 Å². The molecule has 0 fully saturated rings.